The van der Waals surface area contributed by atoms with Crippen molar-refractivity contribution in [2.24, 2.45) is 0 Å². The lowest BCUT2D eigenvalue weighted by Gasteiger charge is -2.28. The minimum atomic E-state index is -0.672. The molecule has 2 aliphatic heterocycles. The van der Waals surface area contributed by atoms with E-state index >= 15 is 0 Å². The lowest BCUT2D eigenvalue weighted by molar-refractivity contribution is -0.143. The van der Waals surface area contributed by atoms with E-state index in [0.717, 1.165) is 35.6 Å². The highest BCUT2D eigenvalue weighted by molar-refractivity contribution is 6.04. The highest BCUT2D eigenvalue weighted by Crippen LogP contribution is 2.31. The van der Waals surface area contributed by atoms with Gasteiger partial charge in [0, 0.05) is 37.0 Å². The zero-order valence-corrected chi connectivity index (χ0v) is 19.3. The molecular weight excluding hydrogens is 430 g/mol. The molecule has 0 spiro atoms. The minimum absolute atomic E-state index is 0.121. The number of hydrogen-bond donors (Lipinski definition) is 2. The Kier molecular flexibility index (Phi) is 6.31. The summed E-state index contributed by atoms with van der Waals surface area (Å²) in [7, 11) is 1.54. The largest absolute Gasteiger partial charge is 0.372 e. The van der Waals surface area contributed by atoms with E-state index in [9.17, 15) is 9.59 Å². The van der Waals surface area contributed by atoms with Crippen LogP contribution in [-0.4, -0.2) is 47.1 Å². The predicted molar refractivity (Wildman–Crippen MR) is 129 cm³/mol. The fourth-order valence-electron chi connectivity index (χ4n) is 4.73. The third-order valence-corrected chi connectivity index (χ3v) is 6.61. The fourth-order valence-corrected chi connectivity index (χ4v) is 4.73. The number of anilines is 2. The maximum atomic E-state index is 13.1. The summed E-state index contributed by atoms with van der Waals surface area (Å²) < 4.78 is 5.50. The van der Waals surface area contributed by atoms with Crippen LogP contribution in [0.4, 0.5) is 11.5 Å². The summed E-state index contributed by atoms with van der Waals surface area (Å²) in [5.74, 6) is 0.122. The molecule has 34 heavy (non-hydrogen) atoms. The number of carbonyl (C=O) groups is 2. The van der Waals surface area contributed by atoms with E-state index in [1.165, 1.54) is 26.4 Å². The average Bonchev–Trinajstić information content (AvgIpc) is 3.48. The first-order valence-electron chi connectivity index (χ1n) is 11.7. The van der Waals surface area contributed by atoms with E-state index in [1.54, 1.807) is 4.90 Å². The highest BCUT2D eigenvalue weighted by atomic mass is 16.5. The normalized spacial score (nSPS) is 16.3. The monoisotopic (exact) mass is 459 g/mol. The van der Waals surface area contributed by atoms with Crippen molar-refractivity contribution < 1.29 is 14.3 Å². The van der Waals surface area contributed by atoms with Gasteiger partial charge in [-0.1, -0.05) is 30.3 Å². The van der Waals surface area contributed by atoms with E-state index in [-0.39, 0.29) is 11.8 Å². The van der Waals surface area contributed by atoms with Gasteiger partial charge in [0.05, 0.1) is 18.8 Å². The van der Waals surface area contributed by atoms with E-state index in [4.69, 9.17) is 4.74 Å². The van der Waals surface area contributed by atoms with Crippen LogP contribution in [0, 0.1) is 0 Å². The lowest BCUT2D eigenvalue weighted by Crippen LogP contribution is -2.32. The van der Waals surface area contributed by atoms with Crippen molar-refractivity contribution in [3.8, 4) is 0 Å². The second kappa shape index (κ2) is 9.69. The Morgan fingerprint density at radius 2 is 1.74 bits per heavy atom. The van der Waals surface area contributed by atoms with Crippen molar-refractivity contribution in [2.75, 3.05) is 30.4 Å². The van der Waals surface area contributed by atoms with Crippen molar-refractivity contribution in [1.29, 1.82) is 0 Å². The number of H-pyrrole nitrogens is 1. The second-order valence-corrected chi connectivity index (χ2v) is 8.80. The number of fused-ring (bicyclic) bond motifs is 1. The zero-order chi connectivity index (χ0) is 23.5. The Hall–Kier alpha value is -3.65. The number of carbonyl (C=O) groups excluding carboxylic acids is 2. The summed E-state index contributed by atoms with van der Waals surface area (Å²) in [6, 6.07) is 17.2. The van der Waals surface area contributed by atoms with Crippen LogP contribution >= 0.6 is 0 Å². The molecule has 3 aromatic rings. The molecule has 0 radical (unpaired) electrons. The van der Waals surface area contributed by atoms with Gasteiger partial charge in [0.25, 0.3) is 11.8 Å². The maximum Gasteiger partial charge on any atom is 0.256 e. The van der Waals surface area contributed by atoms with Crippen molar-refractivity contribution in [1.82, 2.24) is 15.1 Å². The van der Waals surface area contributed by atoms with Crippen LogP contribution < -0.4 is 10.2 Å². The molecule has 2 aromatic carbocycles. The Bertz CT molecular complexity index is 1150. The van der Waals surface area contributed by atoms with Crippen LogP contribution in [0.5, 0.6) is 0 Å². The molecule has 2 aliphatic rings. The molecular formula is C26H29N5O3. The first-order valence-corrected chi connectivity index (χ1v) is 11.7. The predicted octanol–water partition coefficient (Wildman–Crippen LogP) is 3.88. The minimum Gasteiger partial charge on any atom is -0.372 e. The Labute approximate surface area is 198 Å². The number of methoxy groups -OCH3 is 1. The summed E-state index contributed by atoms with van der Waals surface area (Å²) in [5.41, 5.74) is 4.19. The van der Waals surface area contributed by atoms with Crippen molar-refractivity contribution >= 4 is 23.3 Å². The van der Waals surface area contributed by atoms with Crippen molar-refractivity contribution in [3.63, 3.8) is 0 Å². The Balaban J connectivity index is 1.24. The van der Waals surface area contributed by atoms with E-state index in [0.29, 0.717) is 24.5 Å². The van der Waals surface area contributed by atoms with Gasteiger partial charge in [0.1, 0.15) is 0 Å². The van der Waals surface area contributed by atoms with Gasteiger partial charge in [-0.2, -0.15) is 5.10 Å². The Morgan fingerprint density at radius 1 is 1.00 bits per heavy atom. The summed E-state index contributed by atoms with van der Waals surface area (Å²) in [6.07, 6.45) is 3.03. The summed E-state index contributed by atoms with van der Waals surface area (Å²) in [5, 5.41) is 10.2. The highest BCUT2D eigenvalue weighted by Gasteiger charge is 2.33. The van der Waals surface area contributed by atoms with Gasteiger partial charge in [0.2, 0.25) is 0 Å². The van der Waals surface area contributed by atoms with Gasteiger partial charge < -0.3 is 19.9 Å². The number of aromatic nitrogens is 2. The van der Waals surface area contributed by atoms with Gasteiger partial charge in [-0.05, 0) is 49.1 Å². The quantitative estimate of drug-likeness (QED) is 0.584. The molecule has 0 aliphatic carbocycles. The maximum absolute atomic E-state index is 13.1. The molecule has 0 saturated carbocycles. The number of ether oxygens (including phenoxy) is 1. The van der Waals surface area contributed by atoms with Crippen LogP contribution in [0.15, 0.2) is 54.6 Å². The Morgan fingerprint density at radius 3 is 2.44 bits per heavy atom. The molecule has 5 rings (SSSR count). The van der Waals surface area contributed by atoms with Crippen molar-refractivity contribution in [2.45, 2.75) is 38.5 Å². The first kappa shape index (κ1) is 22.2. The third kappa shape index (κ3) is 4.41. The number of nitrogens with one attached hydrogen (secondary N) is 2. The first-order chi connectivity index (χ1) is 16.6. The van der Waals surface area contributed by atoms with Crippen LogP contribution in [0.25, 0.3) is 0 Å². The van der Waals surface area contributed by atoms with Gasteiger partial charge in [-0.3, -0.25) is 14.7 Å². The number of hydrogen-bond acceptors (Lipinski definition) is 5. The SMILES string of the molecule is CO[C@@H](C(=O)N1Cc2[nH]nc(NC(=O)c3ccc(N4CCCCC4)cc3)c2C1)c1ccccc1. The standard InChI is InChI=1S/C26H29N5O3/c1-34-23(18-8-4-2-5-9-18)26(33)31-16-21-22(17-31)28-29-24(21)27-25(32)19-10-12-20(13-11-19)30-14-6-3-7-15-30/h2,4-5,8-13,23H,3,6-7,14-17H2,1H3,(H2,27,28,29,32)/t23-/m1/s1. The zero-order valence-electron chi connectivity index (χ0n) is 19.3. The number of nitrogens with zero attached hydrogens (tertiary/aromatic N) is 3. The van der Waals surface area contributed by atoms with E-state index in [2.05, 4.69) is 20.4 Å². The summed E-state index contributed by atoms with van der Waals surface area (Å²) >= 11 is 0. The topological polar surface area (TPSA) is 90.6 Å². The van der Waals surface area contributed by atoms with E-state index in [1.807, 2.05) is 54.6 Å². The van der Waals surface area contributed by atoms with Gasteiger partial charge in [-0.25, -0.2) is 0 Å². The number of aromatic amines is 1. The molecule has 3 heterocycles. The number of benzene rings is 2. The smallest absolute Gasteiger partial charge is 0.256 e. The molecule has 0 bridgehead atoms. The molecule has 1 aromatic heterocycles. The molecule has 8 nitrogen and oxygen atoms in total. The van der Waals surface area contributed by atoms with Crippen LogP contribution in [0.2, 0.25) is 0 Å². The molecule has 2 N–H and O–H groups in total. The molecule has 176 valence electrons. The van der Waals surface area contributed by atoms with Gasteiger partial charge in [0.15, 0.2) is 11.9 Å². The van der Waals surface area contributed by atoms with Crippen LogP contribution in [0.3, 0.4) is 0 Å². The summed E-state index contributed by atoms with van der Waals surface area (Å²) in [4.78, 5) is 30.1. The van der Waals surface area contributed by atoms with Gasteiger partial charge in [-0.15, -0.1) is 0 Å². The lowest BCUT2D eigenvalue weighted by atomic mass is 10.1. The fraction of sp³-hybridized carbons (Fsp3) is 0.346. The number of piperidine rings is 1. The molecule has 1 atom stereocenters. The molecule has 8 heteroatoms. The van der Waals surface area contributed by atoms with Gasteiger partial charge >= 0.3 is 0 Å². The number of rotatable bonds is 6. The summed E-state index contributed by atoms with van der Waals surface area (Å²) in [6.45, 7) is 2.89. The average molecular weight is 460 g/mol. The third-order valence-electron chi connectivity index (χ3n) is 6.61. The second-order valence-electron chi connectivity index (χ2n) is 8.80. The molecule has 2 amide bonds. The van der Waals surface area contributed by atoms with Crippen LogP contribution in [0.1, 0.15) is 52.5 Å². The molecule has 0 unspecified atom stereocenters. The number of amides is 2. The molecule has 1 fully saturated rings. The van der Waals surface area contributed by atoms with Crippen LogP contribution in [-0.2, 0) is 22.6 Å². The van der Waals surface area contributed by atoms with Crippen molar-refractivity contribution in [3.05, 3.63) is 77.0 Å². The van der Waals surface area contributed by atoms with E-state index < -0.39 is 6.10 Å². The molecule has 1 saturated heterocycles.